The summed E-state index contributed by atoms with van der Waals surface area (Å²) in [5.41, 5.74) is 5.52. The Hall–Kier alpha value is -2.54. The van der Waals surface area contributed by atoms with Crippen molar-refractivity contribution in [3.05, 3.63) is 78.4 Å². The third-order valence-electron chi connectivity index (χ3n) is 4.51. The molecule has 3 aromatic carbocycles. The van der Waals surface area contributed by atoms with Gasteiger partial charge in [-0.05, 0) is 35.6 Å². The molecule has 0 spiro atoms. The van der Waals surface area contributed by atoms with Crippen LogP contribution >= 0.6 is 0 Å². The Morgan fingerprint density at radius 1 is 0.708 bits per heavy atom. The molecule has 4 aromatic rings. The maximum Gasteiger partial charge on any atom is 0.0573 e. The SMILES string of the molecule is CC(C)(C)Cc1cccc2c3ccccc3n(-c3ccccc3)c12. The molecule has 0 fully saturated rings. The number of nitrogens with zero attached hydrogens (tertiary/aromatic N) is 1. The minimum atomic E-state index is 0.256. The zero-order valence-corrected chi connectivity index (χ0v) is 14.6. The fourth-order valence-electron chi connectivity index (χ4n) is 3.65. The second-order valence-electron chi connectivity index (χ2n) is 7.74. The summed E-state index contributed by atoms with van der Waals surface area (Å²) in [4.78, 5) is 0. The Kier molecular flexibility index (Phi) is 3.45. The van der Waals surface area contributed by atoms with E-state index in [-0.39, 0.29) is 5.41 Å². The van der Waals surface area contributed by atoms with E-state index in [0.717, 1.165) is 6.42 Å². The summed E-state index contributed by atoms with van der Waals surface area (Å²) in [7, 11) is 0. The number of fused-ring (bicyclic) bond motifs is 3. The first kappa shape index (κ1) is 15.0. The molecule has 0 N–H and O–H groups in total. The number of hydrogen-bond acceptors (Lipinski definition) is 0. The first-order chi connectivity index (χ1) is 11.5. The highest BCUT2D eigenvalue weighted by Crippen LogP contribution is 2.35. The van der Waals surface area contributed by atoms with Crippen LogP contribution in [0.4, 0.5) is 0 Å². The lowest BCUT2D eigenvalue weighted by Crippen LogP contribution is -2.10. The van der Waals surface area contributed by atoms with Gasteiger partial charge in [-0.3, -0.25) is 0 Å². The van der Waals surface area contributed by atoms with E-state index in [9.17, 15) is 0 Å². The van der Waals surface area contributed by atoms with E-state index in [1.807, 2.05) is 0 Å². The molecule has 0 radical (unpaired) electrons. The van der Waals surface area contributed by atoms with Crippen LogP contribution in [0.2, 0.25) is 0 Å². The number of para-hydroxylation sites is 3. The van der Waals surface area contributed by atoms with Crippen LogP contribution in [-0.4, -0.2) is 4.57 Å². The highest BCUT2D eigenvalue weighted by atomic mass is 15.0. The summed E-state index contributed by atoms with van der Waals surface area (Å²) in [5, 5.41) is 2.67. The Morgan fingerprint density at radius 2 is 1.38 bits per heavy atom. The van der Waals surface area contributed by atoms with Gasteiger partial charge in [0.25, 0.3) is 0 Å². The third kappa shape index (κ3) is 2.50. The van der Waals surface area contributed by atoms with Crippen LogP contribution in [0, 0.1) is 5.41 Å². The molecule has 0 aliphatic heterocycles. The molecule has 0 aliphatic carbocycles. The standard InChI is InChI=1S/C23H23N/c1-23(2,3)16-17-10-9-14-20-19-13-7-8-15-21(19)24(22(17)20)18-11-5-4-6-12-18/h4-15H,16H2,1-3H3. The molecule has 120 valence electrons. The van der Waals surface area contributed by atoms with E-state index in [2.05, 4.69) is 98.1 Å². The molecule has 0 saturated carbocycles. The van der Waals surface area contributed by atoms with Crippen molar-refractivity contribution in [3.8, 4) is 5.69 Å². The van der Waals surface area contributed by atoms with Gasteiger partial charge in [-0.15, -0.1) is 0 Å². The van der Waals surface area contributed by atoms with Gasteiger partial charge in [0.1, 0.15) is 0 Å². The molecule has 24 heavy (non-hydrogen) atoms. The number of benzene rings is 3. The van der Waals surface area contributed by atoms with Crippen molar-refractivity contribution in [2.24, 2.45) is 5.41 Å². The quantitative estimate of drug-likeness (QED) is 0.405. The molecule has 0 atom stereocenters. The van der Waals surface area contributed by atoms with Crippen LogP contribution in [0.3, 0.4) is 0 Å². The fourth-order valence-corrected chi connectivity index (χ4v) is 3.65. The van der Waals surface area contributed by atoms with Crippen LogP contribution in [0.15, 0.2) is 72.8 Å². The second kappa shape index (κ2) is 5.52. The smallest absolute Gasteiger partial charge is 0.0573 e. The second-order valence-corrected chi connectivity index (χ2v) is 7.74. The Labute approximate surface area is 143 Å². The third-order valence-corrected chi connectivity index (χ3v) is 4.51. The molecule has 1 heteroatoms. The normalized spacial score (nSPS) is 12.1. The largest absolute Gasteiger partial charge is 0.309 e. The van der Waals surface area contributed by atoms with Crippen LogP contribution in [0.5, 0.6) is 0 Å². The maximum atomic E-state index is 2.42. The number of aromatic nitrogens is 1. The summed E-state index contributed by atoms with van der Waals surface area (Å²) in [6.07, 6.45) is 1.06. The summed E-state index contributed by atoms with van der Waals surface area (Å²) in [6.45, 7) is 6.92. The minimum Gasteiger partial charge on any atom is -0.309 e. The van der Waals surface area contributed by atoms with Gasteiger partial charge in [0.2, 0.25) is 0 Å². The van der Waals surface area contributed by atoms with Crippen molar-refractivity contribution < 1.29 is 0 Å². The van der Waals surface area contributed by atoms with E-state index in [1.165, 1.54) is 33.1 Å². The average Bonchev–Trinajstić information content (AvgIpc) is 2.90. The molecule has 0 bridgehead atoms. The van der Waals surface area contributed by atoms with Gasteiger partial charge in [-0.25, -0.2) is 0 Å². The first-order valence-electron chi connectivity index (χ1n) is 8.61. The van der Waals surface area contributed by atoms with Crippen molar-refractivity contribution in [1.29, 1.82) is 0 Å². The van der Waals surface area contributed by atoms with E-state index in [1.54, 1.807) is 0 Å². The maximum absolute atomic E-state index is 2.42. The van der Waals surface area contributed by atoms with Gasteiger partial charge in [0.15, 0.2) is 0 Å². The summed E-state index contributed by atoms with van der Waals surface area (Å²) < 4.78 is 2.42. The average molecular weight is 313 g/mol. The molecule has 1 aromatic heterocycles. The molecule has 0 amide bonds. The molecule has 1 heterocycles. The molecule has 1 nitrogen and oxygen atoms in total. The van der Waals surface area contributed by atoms with Gasteiger partial charge < -0.3 is 4.57 Å². The van der Waals surface area contributed by atoms with Crippen LogP contribution < -0.4 is 0 Å². The van der Waals surface area contributed by atoms with Crippen LogP contribution in [0.1, 0.15) is 26.3 Å². The molecule has 0 aliphatic rings. The zero-order valence-electron chi connectivity index (χ0n) is 14.6. The zero-order chi connectivity index (χ0) is 16.7. The Bertz CT molecular complexity index is 1000. The van der Waals surface area contributed by atoms with Gasteiger partial charge in [0, 0.05) is 16.5 Å². The van der Waals surface area contributed by atoms with Gasteiger partial charge in [-0.1, -0.05) is 75.4 Å². The van der Waals surface area contributed by atoms with Crippen molar-refractivity contribution in [2.45, 2.75) is 27.2 Å². The van der Waals surface area contributed by atoms with Gasteiger partial charge in [0.05, 0.1) is 11.0 Å². The molecule has 4 rings (SSSR count). The Balaban J connectivity index is 2.14. The first-order valence-corrected chi connectivity index (χ1v) is 8.61. The van der Waals surface area contributed by atoms with Gasteiger partial charge >= 0.3 is 0 Å². The van der Waals surface area contributed by atoms with Crippen LogP contribution in [-0.2, 0) is 6.42 Å². The molecular formula is C23H23N. The van der Waals surface area contributed by atoms with Crippen molar-refractivity contribution in [2.75, 3.05) is 0 Å². The monoisotopic (exact) mass is 313 g/mol. The van der Waals surface area contributed by atoms with Crippen molar-refractivity contribution in [1.82, 2.24) is 4.57 Å². The summed E-state index contributed by atoms with van der Waals surface area (Å²) >= 11 is 0. The minimum absolute atomic E-state index is 0.256. The topological polar surface area (TPSA) is 4.93 Å². The lowest BCUT2D eigenvalue weighted by atomic mass is 9.87. The van der Waals surface area contributed by atoms with Crippen molar-refractivity contribution in [3.63, 3.8) is 0 Å². The predicted molar refractivity (Wildman–Crippen MR) is 104 cm³/mol. The summed E-state index contributed by atoms with van der Waals surface area (Å²) in [6, 6.07) is 26.1. The van der Waals surface area contributed by atoms with Gasteiger partial charge in [-0.2, -0.15) is 0 Å². The molecular weight excluding hydrogens is 290 g/mol. The van der Waals surface area contributed by atoms with Crippen molar-refractivity contribution >= 4 is 21.8 Å². The van der Waals surface area contributed by atoms with Crippen LogP contribution in [0.25, 0.3) is 27.5 Å². The number of rotatable bonds is 2. The highest BCUT2D eigenvalue weighted by molar-refractivity contribution is 6.10. The lowest BCUT2D eigenvalue weighted by molar-refractivity contribution is 0.412. The van der Waals surface area contributed by atoms with E-state index in [4.69, 9.17) is 0 Å². The Morgan fingerprint density at radius 3 is 2.12 bits per heavy atom. The lowest BCUT2D eigenvalue weighted by Gasteiger charge is -2.20. The number of hydrogen-bond donors (Lipinski definition) is 0. The van der Waals surface area contributed by atoms with E-state index < -0.39 is 0 Å². The van der Waals surface area contributed by atoms with E-state index in [0.29, 0.717) is 0 Å². The van der Waals surface area contributed by atoms with E-state index >= 15 is 0 Å². The molecule has 0 saturated heterocycles. The molecule has 0 unspecified atom stereocenters. The fraction of sp³-hybridized carbons (Fsp3) is 0.217. The highest BCUT2D eigenvalue weighted by Gasteiger charge is 2.18. The predicted octanol–water partition coefficient (Wildman–Crippen LogP) is 6.37. The summed E-state index contributed by atoms with van der Waals surface area (Å²) in [5.74, 6) is 0.